The molecule has 0 radical (unpaired) electrons. The van der Waals surface area contributed by atoms with Crippen LogP contribution in [0.2, 0.25) is 0 Å². The monoisotopic (exact) mass is 258 g/mol. The molecule has 1 aromatic rings. The number of sulfonamides is 1. The molecule has 0 spiro atoms. The minimum atomic E-state index is -3.42. The van der Waals surface area contributed by atoms with Gasteiger partial charge in [-0.3, -0.25) is 4.68 Å². The van der Waals surface area contributed by atoms with Crippen molar-refractivity contribution in [3.63, 3.8) is 0 Å². The molecule has 2 rings (SSSR count). The molecule has 1 fully saturated rings. The van der Waals surface area contributed by atoms with Gasteiger partial charge < -0.3 is 5.73 Å². The van der Waals surface area contributed by atoms with Crippen molar-refractivity contribution in [2.75, 3.05) is 6.54 Å². The third-order valence-electron chi connectivity index (χ3n) is 2.97. The van der Waals surface area contributed by atoms with Crippen LogP contribution in [0.3, 0.4) is 0 Å². The lowest BCUT2D eigenvalue weighted by Gasteiger charge is -2.32. The molecule has 0 aliphatic heterocycles. The molecular formula is C10H18N4O2S. The number of hydrogen-bond donors (Lipinski definition) is 2. The fourth-order valence-corrected chi connectivity index (χ4v) is 3.24. The summed E-state index contributed by atoms with van der Waals surface area (Å²) in [5, 5.41) is 3.96. The second kappa shape index (κ2) is 4.75. The third-order valence-corrected chi connectivity index (χ3v) is 4.45. The average Bonchev–Trinajstić information content (AvgIpc) is 2.65. The van der Waals surface area contributed by atoms with Gasteiger partial charge in [-0.15, -0.1) is 0 Å². The van der Waals surface area contributed by atoms with Crippen LogP contribution in [0, 0.1) is 5.92 Å². The molecule has 17 heavy (non-hydrogen) atoms. The minimum absolute atomic E-state index is 0.0767. The molecule has 0 unspecified atom stereocenters. The normalized spacial score (nSPS) is 24.6. The van der Waals surface area contributed by atoms with E-state index in [1.165, 1.54) is 17.1 Å². The van der Waals surface area contributed by atoms with Crippen molar-refractivity contribution in [2.24, 2.45) is 11.7 Å². The summed E-state index contributed by atoms with van der Waals surface area (Å²) in [5.41, 5.74) is 5.38. The zero-order valence-electron chi connectivity index (χ0n) is 9.83. The molecule has 0 saturated heterocycles. The van der Waals surface area contributed by atoms with E-state index in [-0.39, 0.29) is 10.9 Å². The van der Waals surface area contributed by atoms with Crippen LogP contribution in [-0.2, 0) is 16.6 Å². The Balaban J connectivity index is 2.03. The van der Waals surface area contributed by atoms with Crippen LogP contribution < -0.4 is 10.5 Å². The SMILES string of the molecule is CC1CC(NS(=O)(=O)c2cnn(CCN)c2)C1. The molecular weight excluding hydrogens is 240 g/mol. The maximum Gasteiger partial charge on any atom is 0.243 e. The van der Waals surface area contributed by atoms with Crippen LogP contribution in [0.15, 0.2) is 17.3 Å². The highest BCUT2D eigenvalue weighted by molar-refractivity contribution is 7.89. The van der Waals surface area contributed by atoms with Gasteiger partial charge >= 0.3 is 0 Å². The van der Waals surface area contributed by atoms with Gasteiger partial charge in [0, 0.05) is 18.8 Å². The first-order valence-electron chi connectivity index (χ1n) is 5.76. The molecule has 1 aromatic heterocycles. The van der Waals surface area contributed by atoms with Crippen molar-refractivity contribution in [1.82, 2.24) is 14.5 Å². The van der Waals surface area contributed by atoms with Crippen molar-refractivity contribution >= 4 is 10.0 Å². The number of aromatic nitrogens is 2. The quantitative estimate of drug-likeness (QED) is 0.773. The van der Waals surface area contributed by atoms with Gasteiger partial charge in [0.2, 0.25) is 10.0 Å². The molecule has 6 nitrogen and oxygen atoms in total. The van der Waals surface area contributed by atoms with Gasteiger partial charge in [0.05, 0.1) is 12.7 Å². The standard InChI is InChI=1S/C10H18N4O2S/c1-8-4-9(5-8)13-17(15,16)10-6-12-14(7-10)3-2-11/h6-9,13H,2-5,11H2,1H3. The smallest absolute Gasteiger partial charge is 0.243 e. The van der Waals surface area contributed by atoms with E-state index in [9.17, 15) is 8.42 Å². The molecule has 7 heteroatoms. The number of nitrogens with one attached hydrogen (secondary N) is 1. The fourth-order valence-electron chi connectivity index (χ4n) is 2.02. The molecule has 1 heterocycles. The van der Waals surface area contributed by atoms with Crippen molar-refractivity contribution < 1.29 is 8.42 Å². The van der Waals surface area contributed by atoms with Crippen molar-refractivity contribution in [3.05, 3.63) is 12.4 Å². The van der Waals surface area contributed by atoms with E-state index in [0.717, 1.165) is 12.8 Å². The lowest BCUT2D eigenvalue weighted by molar-refractivity contribution is 0.270. The Bertz CT molecular complexity index is 476. The zero-order valence-corrected chi connectivity index (χ0v) is 10.7. The van der Waals surface area contributed by atoms with E-state index in [1.807, 2.05) is 0 Å². The number of nitrogens with two attached hydrogens (primary N) is 1. The minimum Gasteiger partial charge on any atom is -0.329 e. The molecule has 0 atom stereocenters. The Labute approximate surface area is 101 Å². The van der Waals surface area contributed by atoms with E-state index in [0.29, 0.717) is 19.0 Å². The molecule has 1 aliphatic carbocycles. The lowest BCUT2D eigenvalue weighted by Crippen LogP contribution is -2.43. The molecule has 1 saturated carbocycles. The second-order valence-electron chi connectivity index (χ2n) is 4.62. The van der Waals surface area contributed by atoms with E-state index in [1.54, 1.807) is 0 Å². The summed E-state index contributed by atoms with van der Waals surface area (Å²) >= 11 is 0. The summed E-state index contributed by atoms with van der Waals surface area (Å²) in [7, 11) is -3.42. The van der Waals surface area contributed by atoms with Crippen LogP contribution in [0.4, 0.5) is 0 Å². The fraction of sp³-hybridized carbons (Fsp3) is 0.700. The van der Waals surface area contributed by atoms with Crippen LogP contribution in [0.25, 0.3) is 0 Å². The van der Waals surface area contributed by atoms with E-state index >= 15 is 0 Å². The van der Waals surface area contributed by atoms with Gasteiger partial charge in [-0.2, -0.15) is 5.10 Å². The third kappa shape index (κ3) is 2.85. The summed E-state index contributed by atoms with van der Waals surface area (Å²) in [5.74, 6) is 0.614. The number of nitrogens with zero attached hydrogens (tertiary/aromatic N) is 2. The summed E-state index contributed by atoms with van der Waals surface area (Å²) in [6.45, 7) is 3.08. The van der Waals surface area contributed by atoms with Crippen LogP contribution >= 0.6 is 0 Å². The number of hydrogen-bond acceptors (Lipinski definition) is 4. The van der Waals surface area contributed by atoms with Crippen molar-refractivity contribution in [2.45, 2.75) is 37.2 Å². The Morgan fingerprint density at radius 1 is 1.59 bits per heavy atom. The summed E-state index contributed by atoms with van der Waals surface area (Å²) in [4.78, 5) is 0.213. The Kier molecular flexibility index (Phi) is 3.50. The molecule has 96 valence electrons. The van der Waals surface area contributed by atoms with Crippen molar-refractivity contribution in [3.8, 4) is 0 Å². The van der Waals surface area contributed by atoms with Gasteiger partial charge in [0.25, 0.3) is 0 Å². The molecule has 0 amide bonds. The zero-order chi connectivity index (χ0) is 12.5. The Morgan fingerprint density at radius 3 is 2.88 bits per heavy atom. The van der Waals surface area contributed by atoms with E-state index < -0.39 is 10.0 Å². The maximum atomic E-state index is 12.0. The first kappa shape index (κ1) is 12.5. The largest absolute Gasteiger partial charge is 0.329 e. The van der Waals surface area contributed by atoms with Crippen LogP contribution in [0.5, 0.6) is 0 Å². The van der Waals surface area contributed by atoms with Gasteiger partial charge in [0.1, 0.15) is 4.90 Å². The van der Waals surface area contributed by atoms with E-state index in [2.05, 4.69) is 16.7 Å². The molecule has 1 aliphatic rings. The first-order valence-corrected chi connectivity index (χ1v) is 7.24. The Morgan fingerprint density at radius 2 is 2.29 bits per heavy atom. The maximum absolute atomic E-state index is 12.0. The molecule has 0 aromatic carbocycles. The van der Waals surface area contributed by atoms with Crippen LogP contribution in [-0.4, -0.2) is 30.8 Å². The number of rotatable bonds is 5. The van der Waals surface area contributed by atoms with Crippen LogP contribution in [0.1, 0.15) is 19.8 Å². The predicted octanol–water partition coefficient (Wildman–Crippen LogP) is -0.0814. The van der Waals surface area contributed by atoms with Gasteiger partial charge in [-0.1, -0.05) is 6.92 Å². The first-order chi connectivity index (χ1) is 8.01. The molecule has 0 bridgehead atoms. The van der Waals surface area contributed by atoms with Gasteiger partial charge in [-0.05, 0) is 18.8 Å². The van der Waals surface area contributed by atoms with Gasteiger partial charge in [-0.25, -0.2) is 13.1 Å². The molecule has 3 N–H and O–H groups in total. The summed E-state index contributed by atoms with van der Waals surface area (Å²) in [6, 6.07) is 0.0767. The highest BCUT2D eigenvalue weighted by atomic mass is 32.2. The summed E-state index contributed by atoms with van der Waals surface area (Å²) in [6.07, 6.45) is 4.70. The highest BCUT2D eigenvalue weighted by Crippen LogP contribution is 2.27. The highest BCUT2D eigenvalue weighted by Gasteiger charge is 2.30. The average molecular weight is 258 g/mol. The Hall–Kier alpha value is -0.920. The lowest BCUT2D eigenvalue weighted by atomic mass is 9.83. The van der Waals surface area contributed by atoms with E-state index in [4.69, 9.17) is 5.73 Å². The topological polar surface area (TPSA) is 90.0 Å². The van der Waals surface area contributed by atoms with Gasteiger partial charge in [0.15, 0.2) is 0 Å². The summed E-state index contributed by atoms with van der Waals surface area (Å²) < 4.78 is 28.2. The second-order valence-corrected chi connectivity index (χ2v) is 6.34. The predicted molar refractivity (Wildman–Crippen MR) is 63.8 cm³/mol. The van der Waals surface area contributed by atoms with Crippen molar-refractivity contribution in [1.29, 1.82) is 0 Å².